The second-order valence-corrected chi connectivity index (χ2v) is 5.86. The van der Waals surface area contributed by atoms with E-state index in [1.165, 1.54) is 17.9 Å². The second kappa shape index (κ2) is 5.14. The van der Waals surface area contributed by atoms with E-state index in [1.54, 1.807) is 11.3 Å². The molecule has 1 aliphatic heterocycles. The molecule has 1 fully saturated rings. The molecule has 78 valence electrons. The van der Waals surface area contributed by atoms with Gasteiger partial charge in [-0.25, -0.2) is 4.98 Å². The Balaban J connectivity index is 1.68. The number of rotatable bonds is 4. The van der Waals surface area contributed by atoms with Crippen LogP contribution in [0.2, 0.25) is 0 Å². The van der Waals surface area contributed by atoms with E-state index in [0.717, 1.165) is 24.3 Å². The number of nitrogens with zero attached hydrogens (tertiary/aromatic N) is 1. The van der Waals surface area contributed by atoms with Crippen molar-refractivity contribution in [2.24, 2.45) is 0 Å². The Kier molecular flexibility index (Phi) is 3.84. The maximum absolute atomic E-state index is 4.27. The lowest BCUT2D eigenvalue weighted by molar-refractivity contribution is 0.515. The van der Waals surface area contributed by atoms with Crippen LogP contribution in [0.25, 0.3) is 0 Å². The zero-order valence-electron chi connectivity index (χ0n) is 8.40. The molecular weight excluding hydrogens is 212 g/mol. The van der Waals surface area contributed by atoms with Crippen molar-refractivity contribution in [3.05, 3.63) is 16.6 Å². The Morgan fingerprint density at radius 3 is 3.21 bits per heavy atom. The van der Waals surface area contributed by atoms with Crippen molar-refractivity contribution >= 4 is 23.1 Å². The maximum atomic E-state index is 4.27. The van der Waals surface area contributed by atoms with Crippen molar-refractivity contribution in [2.45, 2.75) is 31.1 Å². The van der Waals surface area contributed by atoms with Crippen LogP contribution in [0, 0.1) is 0 Å². The van der Waals surface area contributed by atoms with Gasteiger partial charge in [0, 0.05) is 29.6 Å². The topological polar surface area (TPSA) is 24.9 Å². The van der Waals surface area contributed by atoms with Crippen LogP contribution in [0.1, 0.15) is 19.0 Å². The molecule has 0 bridgehead atoms. The molecule has 1 aliphatic rings. The van der Waals surface area contributed by atoms with Gasteiger partial charge < -0.3 is 5.32 Å². The molecule has 1 N–H and O–H groups in total. The van der Waals surface area contributed by atoms with Gasteiger partial charge in [-0.15, -0.1) is 11.3 Å². The van der Waals surface area contributed by atoms with Crippen LogP contribution in [-0.2, 0) is 6.42 Å². The lowest BCUT2D eigenvalue weighted by Gasteiger charge is -2.15. The highest BCUT2D eigenvalue weighted by molar-refractivity contribution is 8.00. The van der Waals surface area contributed by atoms with Crippen LogP contribution in [0.4, 0.5) is 0 Å². The summed E-state index contributed by atoms with van der Waals surface area (Å²) in [5, 5.41) is 6.53. The van der Waals surface area contributed by atoms with E-state index in [1.807, 2.05) is 5.51 Å². The molecule has 0 aromatic carbocycles. The van der Waals surface area contributed by atoms with Gasteiger partial charge in [0.05, 0.1) is 11.2 Å². The summed E-state index contributed by atoms with van der Waals surface area (Å²) >= 11 is 3.76. The SMILES string of the molecule is CC1SCCC1NCCc1cscn1. The van der Waals surface area contributed by atoms with Gasteiger partial charge in [-0.2, -0.15) is 11.8 Å². The first-order valence-electron chi connectivity index (χ1n) is 5.08. The van der Waals surface area contributed by atoms with Gasteiger partial charge in [-0.1, -0.05) is 6.92 Å². The van der Waals surface area contributed by atoms with E-state index in [9.17, 15) is 0 Å². The van der Waals surface area contributed by atoms with Crippen LogP contribution < -0.4 is 5.32 Å². The summed E-state index contributed by atoms with van der Waals surface area (Å²) in [5.74, 6) is 1.32. The van der Waals surface area contributed by atoms with Gasteiger partial charge >= 0.3 is 0 Å². The molecule has 4 heteroatoms. The highest BCUT2D eigenvalue weighted by Gasteiger charge is 2.22. The molecule has 14 heavy (non-hydrogen) atoms. The van der Waals surface area contributed by atoms with Crippen LogP contribution in [-0.4, -0.2) is 28.6 Å². The molecule has 0 aliphatic carbocycles. The van der Waals surface area contributed by atoms with Crippen molar-refractivity contribution in [2.75, 3.05) is 12.3 Å². The minimum Gasteiger partial charge on any atom is -0.312 e. The minimum absolute atomic E-state index is 0.721. The van der Waals surface area contributed by atoms with E-state index >= 15 is 0 Å². The van der Waals surface area contributed by atoms with Crippen molar-refractivity contribution in [3.8, 4) is 0 Å². The molecule has 0 radical (unpaired) electrons. The molecule has 1 saturated heterocycles. The molecule has 0 saturated carbocycles. The molecule has 2 atom stereocenters. The van der Waals surface area contributed by atoms with E-state index in [2.05, 4.69) is 34.4 Å². The predicted molar refractivity (Wildman–Crippen MR) is 64.1 cm³/mol. The summed E-state index contributed by atoms with van der Waals surface area (Å²) in [7, 11) is 0. The lowest BCUT2D eigenvalue weighted by Crippen LogP contribution is -2.34. The smallest absolute Gasteiger partial charge is 0.0794 e. The Hall–Kier alpha value is -0.0600. The van der Waals surface area contributed by atoms with Gasteiger partial charge in [0.2, 0.25) is 0 Å². The zero-order chi connectivity index (χ0) is 9.80. The third-order valence-electron chi connectivity index (χ3n) is 2.65. The molecule has 1 aromatic heterocycles. The number of nitrogens with one attached hydrogen (secondary N) is 1. The molecule has 2 nitrogen and oxygen atoms in total. The van der Waals surface area contributed by atoms with E-state index in [0.29, 0.717) is 0 Å². The first-order valence-corrected chi connectivity index (χ1v) is 7.07. The molecular formula is C10H16N2S2. The summed E-state index contributed by atoms with van der Waals surface area (Å²) in [4.78, 5) is 4.27. The molecule has 0 amide bonds. The first kappa shape index (κ1) is 10.5. The Morgan fingerprint density at radius 1 is 1.64 bits per heavy atom. The van der Waals surface area contributed by atoms with Crippen molar-refractivity contribution < 1.29 is 0 Å². The number of hydrogen-bond donors (Lipinski definition) is 1. The van der Waals surface area contributed by atoms with Crippen molar-refractivity contribution in [1.29, 1.82) is 0 Å². The quantitative estimate of drug-likeness (QED) is 0.855. The van der Waals surface area contributed by atoms with Gasteiger partial charge in [0.15, 0.2) is 0 Å². The van der Waals surface area contributed by atoms with Crippen LogP contribution in [0.15, 0.2) is 10.9 Å². The summed E-state index contributed by atoms with van der Waals surface area (Å²) in [6.45, 7) is 3.39. The molecule has 2 unspecified atom stereocenters. The largest absolute Gasteiger partial charge is 0.312 e. The van der Waals surface area contributed by atoms with E-state index in [-0.39, 0.29) is 0 Å². The fourth-order valence-electron chi connectivity index (χ4n) is 1.75. The highest BCUT2D eigenvalue weighted by Crippen LogP contribution is 2.25. The third-order valence-corrected chi connectivity index (χ3v) is 4.61. The van der Waals surface area contributed by atoms with Gasteiger partial charge in [0.1, 0.15) is 0 Å². The standard InChI is InChI=1S/C10H16N2S2/c1-8-10(3-5-14-8)11-4-2-9-6-13-7-12-9/h6-8,10-11H,2-5H2,1H3. The number of thiazole rings is 1. The Labute approximate surface area is 93.5 Å². The summed E-state index contributed by atoms with van der Waals surface area (Å²) in [6.07, 6.45) is 2.39. The van der Waals surface area contributed by atoms with Crippen molar-refractivity contribution in [1.82, 2.24) is 10.3 Å². The average Bonchev–Trinajstić information content (AvgIpc) is 2.78. The van der Waals surface area contributed by atoms with Gasteiger partial charge in [-0.3, -0.25) is 0 Å². The monoisotopic (exact) mass is 228 g/mol. The van der Waals surface area contributed by atoms with Crippen LogP contribution in [0.5, 0.6) is 0 Å². The molecule has 2 rings (SSSR count). The minimum atomic E-state index is 0.721. The first-order chi connectivity index (χ1) is 6.86. The van der Waals surface area contributed by atoms with Gasteiger partial charge in [0.25, 0.3) is 0 Å². The Morgan fingerprint density at radius 2 is 2.57 bits per heavy atom. The number of aromatic nitrogens is 1. The third kappa shape index (κ3) is 2.72. The maximum Gasteiger partial charge on any atom is 0.0794 e. The molecule has 1 aromatic rings. The van der Waals surface area contributed by atoms with Crippen LogP contribution in [0.3, 0.4) is 0 Å². The van der Waals surface area contributed by atoms with Crippen molar-refractivity contribution in [3.63, 3.8) is 0 Å². The molecule has 2 heterocycles. The second-order valence-electron chi connectivity index (χ2n) is 3.65. The van der Waals surface area contributed by atoms with E-state index < -0.39 is 0 Å². The summed E-state index contributed by atoms with van der Waals surface area (Å²) in [6, 6.07) is 0.721. The Bertz CT molecular complexity index is 261. The summed E-state index contributed by atoms with van der Waals surface area (Å²) in [5.41, 5.74) is 3.13. The average molecular weight is 228 g/mol. The van der Waals surface area contributed by atoms with Crippen LogP contribution >= 0.6 is 23.1 Å². The molecule has 0 spiro atoms. The normalized spacial score (nSPS) is 26.9. The summed E-state index contributed by atoms with van der Waals surface area (Å²) < 4.78 is 0. The zero-order valence-corrected chi connectivity index (χ0v) is 10.0. The highest BCUT2D eigenvalue weighted by atomic mass is 32.2. The number of thioether (sulfide) groups is 1. The predicted octanol–water partition coefficient (Wildman–Crippen LogP) is 2.17. The fraction of sp³-hybridized carbons (Fsp3) is 0.700. The number of hydrogen-bond acceptors (Lipinski definition) is 4. The van der Waals surface area contributed by atoms with Gasteiger partial charge in [-0.05, 0) is 12.2 Å². The van der Waals surface area contributed by atoms with E-state index in [4.69, 9.17) is 0 Å². The lowest BCUT2D eigenvalue weighted by atomic mass is 10.1. The fourth-order valence-corrected chi connectivity index (χ4v) is 3.57.